The minimum atomic E-state index is -0.391. The van der Waals surface area contributed by atoms with Gasteiger partial charge in [0.25, 0.3) is 5.56 Å². The molecule has 6 nitrogen and oxygen atoms in total. The number of fused-ring (bicyclic) bond motifs is 1. The van der Waals surface area contributed by atoms with Crippen LogP contribution in [0.15, 0.2) is 27.3 Å². The van der Waals surface area contributed by atoms with E-state index in [9.17, 15) is 4.79 Å². The first kappa shape index (κ1) is 17.9. The second-order valence-corrected chi connectivity index (χ2v) is 8.96. The second kappa shape index (κ2) is 6.75. The van der Waals surface area contributed by atoms with Crippen molar-refractivity contribution >= 4 is 39.7 Å². The summed E-state index contributed by atoms with van der Waals surface area (Å²) in [6.07, 6.45) is 0. The van der Waals surface area contributed by atoms with E-state index < -0.39 is 5.41 Å². The van der Waals surface area contributed by atoms with Crippen molar-refractivity contribution in [3.05, 3.63) is 50.4 Å². The molecule has 0 aliphatic carbocycles. The van der Waals surface area contributed by atoms with Crippen molar-refractivity contribution in [3.63, 3.8) is 0 Å². The Hall–Kier alpha value is -1.95. The fourth-order valence-electron chi connectivity index (χ4n) is 2.10. The number of hydrogen-bond donors (Lipinski definition) is 0. The van der Waals surface area contributed by atoms with E-state index in [0.29, 0.717) is 31.3 Å². The number of nitriles is 1. The van der Waals surface area contributed by atoms with E-state index in [-0.39, 0.29) is 5.56 Å². The number of hydrogen-bond acceptors (Lipinski definition) is 7. The molecule has 0 amide bonds. The highest BCUT2D eigenvalue weighted by Gasteiger charge is 2.23. The summed E-state index contributed by atoms with van der Waals surface area (Å²) in [5.41, 5.74) is 1.19. The normalized spacial score (nSPS) is 11.6. The molecule has 3 rings (SSSR count). The van der Waals surface area contributed by atoms with Crippen molar-refractivity contribution in [2.75, 3.05) is 0 Å². The monoisotopic (exact) mass is 391 g/mol. The Labute approximate surface area is 157 Å². The lowest BCUT2D eigenvalue weighted by atomic mass is 9.93. The molecule has 3 aromatic rings. The largest absolute Gasteiger partial charge is 0.297 e. The highest BCUT2D eigenvalue weighted by atomic mass is 35.5. The van der Waals surface area contributed by atoms with E-state index >= 15 is 0 Å². The first-order chi connectivity index (χ1) is 11.8. The van der Waals surface area contributed by atoms with Crippen LogP contribution >= 0.6 is 34.7 Å². The van der Waals surface area contributed by atoms with Crippen LogP contribution in [0.3, 0.4) is 0 Å². The summed E-state index contributed by atoms with van der Waals surface area (Å²) in [4.78, 5) is 13.0. The lowest BCUT2D eigenvalue weighted by Gasteiger charge is -2.14. The van der Waals surface area contributed by atoms with Gasteiger partial charge in [0.1, 0.15) is 5.69 Å². The third-order valence-electron chi connectivity index (χ3n) is 3.42. The van der Waals surface area contributed by atoms with E-state index in [4.69, 9.17) is 16.9 Å². The summed E-state index contributed by atoms with van der Waals surface area (Å²) in [5, 5.41) is 22.0. The van der Waals surface area contributed by atoms with Crippen molar-refractivity contribution in [2.45, 2.75) is 36.3 Å². The van der Waals surface area contributed by atoms with Crippen LogP contribution in [0.5, 0.6) is 0 Å². The van der Waals surface area contributed by atoms with Crippen LogP contribution in [0.1, 0.15) is 37.6 Å². The Bertz CT molecular complexity index is 1050. The van der Waals surface area contributed by atoms with Crippen molar-refractivity contribution in [3.8, 4) is 6.07 Å². The molecule has 1 aromatic carbocycles. The number of aromatic nitrogens is 4. The van der Waals surface area contributed by atoms with Crippen LogP contribution in [0.2, 0.25) is 5.02 Å². The van der Waals surface area contributed by atoms with Crippen LogP contribution in [0, 0.1) is 11.3 Å². The van der Waals surface area contributed by atoms with E-state index in [0.717, 1.165) is 5.56 Å². The average molecular weight is 392 g/mol. The van der Waals surface area contributed by atoms with Gasteiger partial charge in [-0.3, -0.25) is 4.79 Å². The molecule has 0 radical (unpaired) electrons. The lowest BCUT2D eigenvalue weighted by Crippen LogP contribution is -2.30. The molecule has 25 heavy (non-hydrogen) atoms. The average Bonchev–Trinajstić information content (AvgIpc) is 2.96. The summed E-state index contributed by atoms with van der Waals surface area (Å²) in [7, 11) is 0. The first-order valence-electron chi connectivity index (χ1n) is 7.38. The number of nitrogens with zero attached hydrogens (tertiary/aromatic N) is 5. The minimum Gasteiger partial charge on any atom is -0.265 e. The van der Waals surface area contributed by atoms with Crippen LogP contribution in [0.25, 0.3) is 4.96 Å². The molecule has 0 saturated heterocycles. The Balaban J connectivity index is 1.87. The van der Waals surface area contributed by atoms with Crippen molar-refractivity contribution in [1.29, 1.82) is 5.26 Å². The maximum Gasteiger partial charge on any atom is 0.297 e. The predicted molar refractivity (Wildman–Crippen MR) is 99.4 cm³/mol. The standard InChI is InChI=1S/C16H14ClN5OS2/c1-16(2,3)12-13(23)22-14(20-19-12)25-15(21-22)24-8-10-5-4-9(7-18)6-11(10)17/h4-6H,8H2,1-3H3. The molecule has 0 spiro atoms. The highest BCUT2D eigenvalue weighted by Crippen LogP contribution is 2.29. The molecular formula is C16H14ClN5OS2. The highest BCUT2D eigenvalue weighted by molar-refractivity contribution is 8.00. The van der Waals surface area contributed by atoms with Crippen LogP contribution in [0.4, 0.5) is 0 Å². The molecule has 0 N–H and O–H groups in total. The van der Waals surface area contributed by atoms with Gasteiger partial charge in [-0.2, -0.15) is 9.78 Å². The number of halogens is 1. The van der Waals surface area contributed by atoms with Gasteiger partial charge in [0.05, 0.1) is 11.6 Å². The maximum absolute atomic E-state index is 12.5. The Morgan fingerprint density at radius 3 is 2.76 bits per heavy atom. The molecule has 0 fully saturated rings. The zero-order valence-corrected chi connectivity index (χ0v) is 16.2. The number of thioether (sulfide) groups is 1. The van der Waals surface area contributed by atoms with Crippen molar-refractivity contribution in [2.24, 2.45) is 0 Å². The van der Waals surface area contributed by atoms with Crippen LogP contribution in [-0.2, 0) is 11.2 Å². The topological polar surface area (TPSA) is 83.9 Å². The third kappa shape index (κ3) is 3.68. The Kier molecular flexibility index (Phi) is 4.82. The zero-order valence-electron chi connectivity index (χ0n) is 13.8. The smallest absolute Gasteiger partial charge is 0.265 e. The summed E-state index contributed by atoms with van der Waals surface area (Å²) in [6.45, 7) is 5.75. The van der Waals surface area contributed by atoms with Gasteiger partial charge in [-0.15, -0.1) is 15.3 Å². The Morgan fingerprint density at radius 1 is 1.36 bits per heavy atom. The molecule has 0 atom stereocenters. The van der Waals surface area contributed by atoms with Gasteiger partial charge in [-0.1, -0.05) is 61.5 Å². The zero-order chi connectivity index (χ0) is 18.2. The van der Waals surface area contributed by atoms with Gasteiger partial charge in [0.2, 0.25) is 4.96 Å². The van der Waals surface area contributed by atoms with Crippen molar-refractivity contribution < 1.29 is 0 Å². The third-order valence-corrected chi connectivity index (χ3v) is 5.85. The van der Waals surface area contributed by atoms with Gasteiger partial charge in [-0.05, 0) is 17.7 Å². The van der Waals surface area contributed by atoms with Gasteiger partial charge < -0.3 is 0 Å². The van der Waals surface area contributed by atoms with Gasteiger partial charge >= 0.3 is 0 Å². The number of rotatable bonds is 3. The van der Waals surface area contributed by atoms with E-state index in [1.54, 1.807) is 12.1 Å². The molecule has 128 valence electrons. The first-order valence-corrected chi connectivity index (χ1v) is 9.56. The number of benzene rings is 1. The van der Waals surface area contributed by atoms with Gasteiger partial charge in [0, 0.05) is 16.2 Å². The molecule has 0 saturated carbocycles. The fourth-order valence-corrected chi connectivity index (χ4v) is 4.30. The predicted octanol–water partition coefficient (Wildman–Crippen LogP) is 3.66. The molecule has 9 heteroatoms. The van der Waals surface area contributed by atoms with Gasteiger partial charge in [0.15, 0.2) is 4.34 Å². The lowest BCUT2D eigenvalue weighted by molar-refractivity contribution is 0.541. The maximum atomic E-state index is 12.5. The molecule has 0 bridgehead atoms. The molecule has 0 aliphatic heterocycles. The fraction of sp³-hybridized carbons (Fsp3) is 0.312. The van der Waals surface area contributed by atoms with Crippen LogP contribution in [-0.4, -0.2) is 19.8 Å². The Morgan fingerprint density at radius 2 is 2.12 bits per heavy atom. The van der Waals surface area contributed by atoms with E-state index in [2.05, 4.69) is 21.4 Å². The molecule has 2 heterocycles. The SMILES string of the molecule is CC(C)(C)c1nnc2sc(SCc3ccc(C#N)cc3Cl)nn2c1=O. The molecule has 0 unspecified atom stereocenters. The van der Waals surface area contributed by atoms with Crippen molar-refractivity contribution in [1.82, 2.24) is 19.8 Å². The second-order valence-electron chi connectivity index (χ2n) is 6.37. The summed E-state index contributed by atoms with van der Waals surface area (Å²) in [5.74, 6) is 0.582. The molecule has 2 aromatic heterocycles. The minimum absolute atomic E-state index is 0.239. The summed E-state index contributed by atoms with van der Waals surface area (Å²) in [6, 6.07) is 7.25. The van der Waals surface area contributed by atoms with Gasteiger partial charge in [-0.25, -0.2) is 0 Å². The van der Waals surface area contributed by atoms with E-state index in [1.807, 2.05) is 26.8 Å². The summed E-state index contributed by atoms with van der Waals surface area (Å²) >= 11 is 8.96. The van der Waals surface area contributed by atoms with Crippen LogP contribution < -0.4 is 5.56 Å². The summed E-state index contributed by atoms with van der Waals surface area (Å²) < 4.78 is 2.01. The quantitative estimate of drug-likeness (QED) is 0.633. The molecular weight excluding hydrogens is 378 g/mol. The molecule has 0 aliphatic rings. The van der Waals surface area contributed by atoms with E-state index in [1.165, 1.54) is 27.6 Å².